The van der Waals surface area contributed by atoms with Crippen molar-refractivity contribution in [1.29, 1.82) is 0 Å². The summed E-state index contributed by atoms with van der Waals surface area (Å²) in [6.45, 7) is 0. The van der Waals surface area contributed by atoms with Gasteiger partial charge < -0.3 is 4.57 Å². The molecule has 13 rings (SSSR count). The first kappa shape index (κ1) is 34.8. The van der Waals surface area contributed by atoms with Crippen LogP contribution in [0.1, 0.15) is 12.5 Å². The minimum absolute atomic E-state index is 0.292. The number of hydrogen-bond acceptors (Lipinski definition) is 2. The van der Waals surface area contributed by atoms with Gasteiger partial charge in [0.25, 0.3) is 0 Å². The van der Waals surface area contributed by atoms with Crippen LogP contribution in [0.3, 0.4) is 0 Å². The van der Waals surface area contributed by atoms with E-state index in [1.165, 1.54) is 76.0 Å². The highest BCUT2D eigenvalue weighted by Crippen LogP contribution is 2.41. The van der Waals surface area contributed by atoms with Crippen molar-refractivity contribution in [3.8, 4) is 39.6 Å². The normalized spacial score (nSPS) is 14.1. The number of aromatic nitrogens is 4. The molecule has 1 unspecified atom stereocenters. The van der Waals surface area contributed by atoms with Gasteiger partial charge in [-0.05, 0) is 98.4 Å². The van der Waals surface area contributed by atoms with Crippen LogP contribution >= 0.6 is 0 Å². The van der Waals surface area contributed by atoms with Gasteiger partial charge in [0.15, 0.2) is 0 Å². The first-order valence-corrected chi connectivity index (χ1v) is 21.4. The fourth-order valence-corrected chi connectivity index (χ4v) is 10.2. The van der Waals surface area contributed by atoms with Crippen molar-refractivity contribution in [2.24, 2.45) is 0 Å². The SMILES string of the molecule is C1=CCC(n2c3ccccc3c3cc(-c4ccc5c(c4)c4ccccc4n5-c4nc(-c5ccccc5)cc(-c5ccc6c7ccccc7c7ccccc7c6c5)n4)ccc32)C=C1. The fourth-order valence-electron chi connectivity index (χ4n) is 10.2. The van der Waals surface area contributed by atoms with Gasteiger partial charge in [0.2, 0.25) is 5.95 Å². The molecule has 4 heteroatoms. The Kier molecular flexibility index (Phi) is 7.70. The minimum atomic E-state index is 0.292. The maximum absolute atomic E-state index is 5.45. The summed E-state index contributed by atoms with van der Waals surface area (Å²) in [5.41, 5.74) is 10.9. The topological polar surface area (TPSA) is 35.6 Å². The maximum Gasteiger partial charge on any atom is 0.235 e. The number of fused-ring (bicyclic) bond motifs is 12. The van der Waals surface area contributed by atoms with Gasteiger partial charge in [-0.3, -0.25) is 4.57 Å². The Morgan fingerprint density at radius 2 is 0.839 bits per heavy atom. The van der Waals surface area contributed by atoms with E-state index in [2.05, 4.69) is 221 Å². The second kappa shape index (κ2) is 13.7. The number of nitrogens with zero attached hydrogens (tertiary/aromatic N) is 4. The van der Waals surface area contributed by atoms with Crippen molar-refractivity contribution in [1.82, 2.24) is 19.1 Å². The van der Waals surface area contributed by atoms with E-state index in [1.54, 1.807) is 0 Å². The van der Waals surface area contributed by atoms with Gasteiger partial charge in [0.1, 0.15) is 0 Å². The molecule has 0 amide bonds. The summed E-state index contributed by atoms with van der Waals surface area (Å²) in [6, 6.07) is 68.5. The third-order valence-electron chi connectivity index (χ3n) is 13.0. The van der Waals surface area contributed by atoms with E-state index >= 15 is 0 Å². The molecule has 3 aromatic heterocycles. The molecule has 62 heavy (non-hydrogen) atoms. The molecule has 1 atom stereocenters. The quantitative estimate of drug-likeness (QED) is 0.163. The Hall–Kier alpha value is -8.08. The average Bonchev–Trinajstić information content (AvgIpc) is 3.86. The van der Waals surface area contributed by atoms with E-state index in [4.69, 9.17) is 9.97 Å². The second-order valence-electron chi connectivity index (χ2n) is 16.5. The molecule has 0 saturated carbocycles. The number of allylic oxidation sites excluding steroid dienone is 4. The van der Waals surface area contributed by atoms with E-state index in [1.807, 2.05) is 0 Å². The Morgan fingerprint density at radius 1 is 0.355 bits per heavy atom. The Morgan fingerprint density at radius 3 is 1.52 bits per heavy atom. The van der Waals surface area contributed by atoms with Crippen molar-refractivity contribution in [2.45, 2.75) is 12.5 Å². The lowest BCUT2D eigenvalue weighted by Crippen LogP contribution is -2.06. The molecule has 0 radical (unpaired) electrons. The molecule has 9 aromatic carbocycles. The Bertz CT molecular complexity index is 3810. The Balaban J connectivity index is 0.998. The molecule has 0 spiro atoms. The molecule has 0 N–H and O–H groups in total. The van der Waals surface area contributed by atoms with E-state index in [-0.39, 0.29) is 0 Å². The molecule has 0 aliphatic heterocycles. The predicted octanol–water partition coefficient (Wildman–Crippen LogP) is 15.2. The number of rotatable bonds is 5. The molecule has 0 bridgehead atoms. The van der Waals surface area contributed by atoms with Gasteiger partial charge >= 0.3 is 0 Å². The molecular weight excluding hydrogens is 753 g/mol. The van der Waals surface area contributed by atoms with Crippen molar-refractivity contribution in [2.75, 3.05) is 0 Å². The second-order valence-corrected chi connectivity index (χ2v) is 16.5. The van der Waals surface area contributed by atoms with Gasteiger partial charge in [-0.25, -0.2) is 9.97 Å². The molecule has 3 heterocycles. The van der Waals surface area contributed by atoms with Gasteiger partial charge in [0.05, 0.1) is 28.5 Å². The van der Waals surface area contributed by atoms with Gasteiger partial charge in [0, 0.05) is 43.7 Å². The van der Waals surface area contributed by atoms with Gasteiger partial charge in [-0.15, -0.1) is 0 Å². The summed E-state index contributed by atoms with van der Waals surface area (Å²) in [6.07, 6.45) is 9.89. The summed E-state index contributed by atoms with van der Waals surface area (Å²) >= 11 is 0. The van der Waals surface area contributed by atoms with Crippen LogP contribution in [0.25, 0.3) is 116 Å². The van der Waals surface area contributed by atoms with Crippen LogP contribution in [0.5, 0.6) is 0 Å². The van der Waals surface area contributed by atoms with E-state index in [0.717, 1.165) is 40.0 Å². The van der Waals surface area contributed by atoms with Crippen LogP contribution in [0.2, 0.25) is 0 Å². The maximum atomic E-state index is 5.45. The highest BCUT2D eigenvalue weighted by atomic mass is 15.2. The Labute approximate surface area is 358 Å². The highest BCUT2D eigenvalue weighted by molar-refractivity contribution is 6.25. The number of hydrogen-bond donors (Lipinski definition) is 0. The third-order valence-corrected chi connectivity index (χ3v) is 13.0. The van der Waals surface area contributed by atoms with Crippen molar-refractivity contribution < 1.29 is 0 Å². The average molecular weight is 791 g/mol. The van der Waals surface area contributed by atoms with Gasteiger partial charge in [-0.2, -0.15) is 0 Å². The van der Waals surface area contributed by atoms with E-state index in [9.17, 15) is 0 Å². The van der Waals surface area contributed by atoms with Crippen molar-refractivity contribution >= 4 is 75.9 Å². The fraction of sp³-hybridized carbons (Fsp3) is 0.0345. The molecule has 4 nitrogen and oxygen atoms in total. The number of para-hydroxylation sites is 2. The first-order chi connectivity index (χ1) is 30.7. The lowest BCUT2D eigenvalue weighted by Gasteiger charge is -2.18. The minimum Gasteiger partial charge on any atom is -0.333 e. The lowest BCUT2D eigenvalue weighted by atomic mass is 9.93. The number of benzene rings is 9. The van der Waals surface area contributed by atoms with Crippen LogP contribution in [0.4, 0.5) is 0 Å². The summed E-state index contributed by atoms with van der Waals surface area (Å²) in [4.78, 5) is 10.8. The predicted molar refractivity (Wildman–Crippen MR) is 260 cm³/mol. The standard InChI is InChI=1S/C58H38N4/c1-3-15-37(16-4-1)52-36-53(40-27-30-46-44-21-8-7-19-42(44)43-20-9-10-22-45(43)49(46)35-40)60-58(59-52)62-55-26-14-12-24-48(55)51-34-39(29-32-57(51)62)38-28-31-56-50(33-38)47-23-11-13-25-54(47)61(56)41-17-5-2-6-18-41/h1-17,19-36,41H,18H2. The van der Waals surface area contributed by atoms with Crippen molar-refractivity contribution in [3.63, 3.8) is 0 Å². The highest BCUT2D eigenvalue weighted by Gasteiger charge is 2.20. The van der Waals surface area contributed by atoms with Crippen LogP contribution in [0, 0.1) is 0 Å². The summed E-state index contributed by atoms with van der Waals surface area (Å²) in [5.74, 6) is 0.643. The van der Waals surface area contributed by atoms with Crippen LogP contribution in [-0.2, 0) is 0 Å². The molecular formula is C58H38N4. The summed E-state index contributed by atoms with van der Waals surface area (Å²) in [7, 11) is 0. The zero-order valence-electron chi connectivity index (χ0n) is 33.8. The van der Waals surface area contributed by atoms with Crippen LogP contribution in [0.15, 0.2) is 212 Å². The smallest absolute Gasteiger partial charge is 0.235 e. The lowest BCUT2D eigenvalue weighted by molar-refractivity contribution is 0.648. The zero-order valence-corrected chi connectivity index (χ0v) is 33.8. The molecule has 0 fully saturated rings. The largest absolute Gasteiger partial charge is 0.333 e. The third kappa shape index (κ3) is 5.33. The van der Waals surface area contributed by atoms with Crippen LogP contribution in [-0.4, -0.2) is 19.1 Å². The summed E-state index contributed by atoms with van der Waals surface area (Å²) < 4.78 is 4.75. The van der Waals surface area contributed by atoms with E-state index in [0.29, 0.717) is 12.0 Å². The molecule has 12 aromatic rings. The van der Waals surface area contributed by atoms with Gasteiger partial charge in [-0.1, -0.05) is 164 Å². The molecule has 0 saturated heterocycles. The zero-order chi connectivity index (χ0) is 40.7. The monoisotopic (exact) mass is 790 g/mol. The molecule has 1 aliphatic carbocycles. The van der Waals surface area contributed by atoms with E-state index < -0.39 is 0 Å². The first-order valence-electron chi connectivity index (χ1n) is 21.4. The van der Waals surface area contributed by atoms with Crippen LogP contribution < -0.4 is 0 Å². The summed E-state index contributed by atoms with van der Waals surface area (Å²) in [5, 5.41) is 12.4. The molecule has 290 valence electrons. The molecule has 1 aliphatic rings. The van der Waals surface area contributed by atoms with Crippen molar-refractivity contribution in [3.05, 3.63) is 212 Å².